The first-order chi connectivity index (χ1) is 6.18. The molecule has 4 heteroatoms. The highest BCUT2D eigenvalue weighted by Gasteiger charge is 2.04. The average molecular weight is 212 g/mol. The molecule has 0 aliphatic carbocycles. The molecule has 66 valence electrons. The van der Waals surface area contributed by atoms with Gasteiger partial charge in [-0.05, 0) is 18.2 Å². The minimum absolute atomic E-state index is 0.211. The van der Waals surface area contributed by atoms with Crippen LogP contribution in [0.25, 0.3) is 10.1 Å². The van der Waals surface area contributed by atoms with Crippen molar-refractivity contribution < 1.29 is 9.90 Å². The first-order valence-corrected chi connectivity index (χ1v) is 4.82. The molecule has 0 aliphatic heterocycles. The smallest absolute Gasteiger partial charge is 0.0729 e. The van der Waals surface area contributed by atoms with Crippen molar-refractivity contribution in [2.45, 2.75) is 0 Å². The Balaban J connectivity index is 2.79. The zero-order valence-electron chi connectivity index (χ0n) is 6.41. The zero-order chi connectivity index (χ0) is 9.42. The summed E-state index contributed by atoms with van der Waals surface area (Å²) < 4.78 is 0.906. The van der Waals surface area contributed by atoms with Gasteiger partial charge in [0.1, 0.15) is 0 Å². The summed E-state index contributed by atoms with van der Waals surface area (Å²) in [6.07, 6.45) is 0. The molecule has 2 nitrogen and oxygen atoms in total. The third kappa shape index (κ3) is 1.41. The molecule has 0 amide bonds. The van der Waals surface area contributed by atoms with Crippen LogP contribution in [0, 0.1) is 0 Å². The minimum atomic E-state index is -1.16. The average Bonchev–Trinajstić information content (AvgIpc) is 2.46. The largest absolute Gasteiger partial charge is 0.545 e. The van der Waals surface area contributed by atoms with E-state index in [0.29, 0.717) is 10.4 Å². The molecule has 0 saturated carbocycles. The maximum absolute atomic E-state index is 10.6. The first kappa shape index (κ1) is 8.53. The maximum Gasteiger partial charge on any atom is 0.0729 e. The Morgan fingerprint density at radius 3 is 2.92 bits per heavy atom. The van der Waals surface area contributed by atoms with E-state index in [-0.39, 0.29) is 5.56 Å². The van der Waals surface area contributed by atoms with Crippen LogP contribution >= 0.6 is 22.9 Å². The molecule has 0 fully saturated rings. The zero-order valence-corrected chi connectivity index (χ0v) is 7.98. The van der Waals surface area contributed by atoms with Gasteiger partial charge in [-0.25, -0.2) is 0 Å². The van der Waals surface area contributed by atoms with E-state index in [0.717, 1.165) is 4.70 Å². The lowest BCUT2D eigenvalue weighted by molar-refractivity contribution is -0.254. The summed E-state index contributed by atoms with van der Waals surface area (Å²) in [6, 6.07) is 5.17. The van der Waals surface area contributed by atoms with Crippen molar-refractivity contribution in [3.05, 3.63) is 34.2 Å². The van der Waals surface area contributed by atoms with Crippen molar-refractivity contribution in [1.82, 2.24) is 0 Å². The molecule has 0 bridgehead atoms. The van der Waals surface area contributed by atoms with Crippen LogP contribution < -0.4 is 5.11 Å². The van der Waals surface area contributed by atoms with E-state index in [1.54, 1.807) is 23.6 Å². The number of fused-ring (bicyclic) bond motifs is 1. The Labute approximate surface area is 83.4 Å². The van der Waals surface area contributed by atoms with Crippen LogP contribution in [0.4, 0.5) is 0 Å². The Hall–Kier alpha value is -1.06. The molecule has 2 aromatic rings. The number of rotatable bonds is 1. The molecule has 0 N–H and O–H groups in total. The predicted octanol–water partition coefficient (Wildman–Crippen LogP) is 1.92. The molecule has 1 heterocycles. The van der Waals surface area contributed by atoms with E-state index >= 15 is 0 Å². The molecule has 13 heavy (non-hydrogen) atoms. The number of aromatic carboxylic acids is 1. The fraction of sp³-hybridized carbons (Fsp3) is 0. The van der Waals surface area contributed by atoms with Crippen LogP contribution in [0.5, 0.6) is 0 Å². The Morgan fingerprint density at radius 1 is 1.46 bits per heavy atom. The molecule has 1 aromatic heterocycles. The highest BCUT2D eigenvalue weighted by molar-refractivity contribution is 7.17. The van der Waals surface area contributed by atoms with Crippen LogP contribution in [0.1, 0.15) is 10.4 Å². The van der Waals surface area contributed by atoms with Gasteiger partial charge in [0, 0.05) is 26.1 Å². The van der Waals surface area contributed by atoms with Gasteiger partial charge in [0.05, 0.1) is 5.97 Å². The lowest BCUT2D eigenvalue weighted by atomic mass is 10.2. The van der Waals surface area contributed by atoms with Gasteiger partial charge in [0.2, 0.25) is 0 Å². The second-order valence-electron chi connectivity index (χ2n) is 2.58. The van der Waals surface area contributed by atoms with Crippen molar-refractivity contribution in [3.8, 4) is 0 Å². The van der Waals surface area contributed by atoms with Crippen molar-refractivity contribution in [1.29, 1.82) is 0 Å². The van der Waals surface area contributed by atoms with Gasteiger partial charge < -0.3 is 9.90 Å². The fourth-order valence-electron chi connectivity index (χ4n) is 1.16. The minimum Gasteiger partial charge on any atom is -0.545 e. The van der Waals surface area contributed by atoms with Crippen LogP contribution in [0.15, 0.2) is 23.6 Å². The fourth-order valence-corrected chi connectivity index (χ4v) is 2.24. The highest BCUT2D eigenvalue weighted by Crippen LogP contribution is 2.27. The van der Waals surface area contributed by atoms with Crippen LogP contribution in [0.2, 0.25) is 5.02 Å². The van der Waals surface area contributed by atoms with Crippen LogP contribution in [-0.2, 0) is 0 Å². The molecule has 0 spiro atoms. The standard InChI is InChI=1S/C9H5ClO2S/c10-5-1-2-8-6(3-5)7(4-13-8)9(11)12/h1-4H,(H,11,12)/p-1. The second-order valence-corrected chi connectivity index (χ2v) is 3.92. The van der Waals surface area contributed by atoms with Gasteiger partial charge in [-0.3, -0.25) is 0 Å². The summed E-state index contributed by atoms with van der Waals surface area (Å²) >= 11 is 7.12. The van der Waals surface area contributed by atoms with Gasteiger partial charge in [-0.15, -0.1) is 11.3 Å². The van der Waals surface area contributed by atoms with Gasteiger partial charge in [-0.1, -0.05) is 11.6 Å². The summed E-state index contributed by atoms with van der Waals surface area (Å²) in [7, 11) is 0. The molecule has 0 aliphatic rings. The number of carbonyl (C=O) groups is 1. The Bertz CT molecular complexity index is 475. The number of hydrogen-bond acceptors (Lipinski definition) is 3. The maximum atomic E-state index is 10.6. The molecule has 0 saturated heterocycles. The van der Waals surface area contributed by atoms with E-state index in [1.165, 1.54) is 11.3 Å². The number of benzene rings is 1. The SMILES string of the molecule is O=C([O-])c1csc2ccc(Cl)cc12. The summed E-state index contributed by atoms with van der Waals surface area (Å²) in [5, 5.41) is 13.4. The van der Waals surface area contributed by atoms with Crippen molar-refractivity contribution in [2.75, 3.05) is 0 Å². The summed E-state index contributed by atoms with van der Waals surface area (Å²) in [6.45, 7) is 0. The third-order valence-corrected chi connectivity index (χ3v) is 2.95. The van der Waals surface area contributed by atoms with E-state index in [9.17, 15) is 9.90 Å². The van der Waals surface area contributed by atoms with E-state index in [4.69, 9.17) is 11.6 Å². The number of halogens is 1. The highest BCUT2D eigenvalue weighted by atomic mass is 35.5. The summed E-state index contributed by atoms with van der Waals surface area (Å²) in [5.74, 6) is -1.16. The van der Waals surface area contributed by atoms with Gasteiger partial charge in [-0.2, -0.15) is 0 Å². The van der Waals surface area contributed by atoms with Crippen LogP contribution in [-0.4, -0.2) is 5.97 Å². The number of carbonyl (C=O) groups excluding carboxylic acids is 1. The number of carboxylic acid groups (broad SMARTS) is 1. The van der Waals surface area contributed by atoms with Crippen molar-refractivity contribution >= 4 is 39.0 Å². The van der Waals surface area contributed by atoms with Gasteiger partial charge in [0.25, 0.3) is 0 Å². The molecule has 2 rings (SSSR count). The second kappa shape index (κ2) is 3.01. The molecule has 0 unspecified atom stereocenters. The van der Waals surface area contributed by atoms with Gasteiger partial charge in [0.15, 0.2) is 0 Å². The van der Waals surface area contributed by atoms with Gasteiger partial charge >= 0.3 is 0 Å². The summed E-state index contributed by atoms with van der Waals surface area (Å²) in [5.41, 5.74) is 0.211. The Morgan fingerprint density at radius 2 is 2.23 bits per heavy atom. The summed E-state index contributed by atoms with van der Waals surface area (Å²) in [4.78, 5) is 10.6. The molecular weight excluding hydrogens is 208 g/mol. The van der Waals surface area contributed by atoms with Crippen molar-refractivity contribution in [2.24, 2.45) is 0 Å². The molecule has 0 atom stereocenters. The predicted molar refractivity (Wildman–Crippen MR) is 51.2 cm³/mol. The van der Waals surface area contributed by atoms with Crippen molar-refractivity contribution in [3.63, 3.8) is 0 Å². The topological polar surface area (TPSA) is 40.1 Å². The lowest BCUT2D eigenvalue weighted by Gasteiger charge is -1.99. The molecular formula is C9H4ClO2S-. The normalized spacial score (nSPS) is 10.5. The van der Waals surface area contributed by atoms with E-state index in [2.05, 4.69) is 0 Å². The lowest BCUT2D eigenvalue weighted by Crippen LogP contribution is -2.21. The number of carboxylic acids is 1. The number of hydrogen-bond donors (Lipinski definition) is 0. The quantitative estimate of drug-likeness (QED) is 0.723. The first-order valence-electron chi connectivity index (χ1n) is 3.56. The Kier molecular flexibility index (Phi) is 1.98. The number of thiophene rings is 1. The van der Waals surface area contributed by atoms with Crippen LogP contribution in [0.3, 0.4) is 0 Å². The van der Waals surface area contributed by atoms with E-state index in [1.807, 2.05) is 0 Å². The molecule has 0 radical (unpaired) electrons. The third-order valence-electron chi connectivity index (χ3n) is 1.76. The monoisotopic (exact) mass is 211 g/mol. The van der Waals surface area contributed by atoms with E-state index < -0.39 is 5.97 Å². The molecule has 1 aromatic carbocycles.